The summed E-state index contributed by atoms with van der Waals surface area (Å²) in [5.41, 5.74) is 0.666. The van der Waals surface area contributed by atoms with Gasteiger partial charge in [-0.2, -0.15) is 18.3 Å². The van der Waals surface area contributed by atoms with Gasteiger partial charge in [-0.1, -0.05) is 0 Å². The van der Waals surface area contributed by atoms with E-state index in [1.54, 1.807) is 37.6 Å². The number of anilines is 2. The lowest BCUT2D eigenvalue weighted by Gasteiger charge is -2.30. The highest BCUT2D eigenvalue weighted by molar-refractivity contribution is 6.13. The van der Waals surface area contributed by atoms with Crippen LogP contribution in [0.3, 0.4) is 0 Å². The number of halogens is 4. The number of nitrogens with zero attached hydrogens (tertiary/aromatic N) is 5. The molecule has 1 fully saturated rings. The molecule has 1 aliphatic heterocycles. The number of alkyl halides is 3. The molecular weight excluding hydrogens is 534 g/mol. The molecule has 0 bridgehead atoms. The van der Waals surface area contributed by atoms with Crippen molar-refractivity contribution in [1.82, 2.24) is 24.5 Å². The molecule has 4 aromatic rings. The molecule has 1 aromatic carbocycles. The molecule has 212 valence electrons. The van der Waals surface area contributed by atoms with Crippen molar-refractivity contribution in [2.75, 3.05) is 36.4 Å². The molecule has 1 amide bonds. The molecule has 0 radical (unpaired) electrons. The molecule has 2 N–H and O–H groups in total. The van der Waals surface area contributed by atoms with Crippen LogP contribution in [0, 0.1) is 12.7 Å². The zero-order valence-electron chi connectivity index (χ0n) is 22.0. The second kappa shape index (κ2) is 10.1. The fourth-order valence-corrected chi connectivity index (χ4v) is 4.76. The number of rotatable bonds is 6. The number of pyridine rings is 1. The van der Waals surface area contributed by atoms with Crippen LogP contribution in [0.15, 0.2) is 36.8 Å². The number of carbonyl (C=O) groups excluding carboxylic acids is 2. The highest BCUT2D eigenvalue weighted by atomic mass is 19.4. The van der Waals surface area contributed by atoms with Crippen LogP contribution in [0.1, 0.15) is 29.9 Å². The SMILES string of the molecule is Cc1cn2cc(NC(=O)c3ccc(N4CCNCC4)c4cn(CC(C)(C)OC(=O)C(F)(F)F)nc34)cc(F)c2n1. The Balaban J connectivity index is 1.50. The van der Waals surface area contributed by atoms with E-state index in [0.29, 0.717) is 29.7 Å². The summed E-state index contributed by atoms with van der Waals surface area (Å²) in [6, 6.07) is 4.56. The number of aryl methyl sites for hydroxylation is 1. The first-order valence-electron chi connectivity index (χ1n) is 12.5. The van der Waals surface area contributed by atoms with Crippen molar-refractivity contribution in [3.05, 3.63) is 53.9 Å². The smallest absolute Gasteiger partial charge is 0.451 e. The van der Waals surface area contributed by atoms with Gasteiger partial charge in [0.1, 0.15) is 11.1 Å². The number of carbonyl (C=O) groups is 2. The lowest BCUT2D eigenvalue weighted by Crippen LogP contribution is -2.43. The Morgan fingerprint density at radius 3 is 2.55 bits per heavy atom. The van der Waals surface area contributed by atoms with E-state index in [-0.39, 0.29) is 23.4 Å². The molecule has 0 aliphatic carbocycles. The standard InChI is InChI=1S/C26H27F4N7O3/c1-15-11-36-12-16(10-19(27)22(36)32-15)33-23(38)17-4-5-20(35-8-6-31-7-9-35)18-13-37(34-21(17)18)14-25(2,3)40-24(39)26(28,29)30/h4-5,10-13,31H,6-9,14H2,1-3H3,(H,33,38). The monoisotopic (exact) mass is 561 g/mol. The summed E-state index contributed by atoms with van der Waals surface area (Å²) in [4.78, 5) is 31.1. The number of imidazole rings is 1. The molecule has 14 heteroatoms. The van der Waals surface area contributed by atoms with E-state index < -0.39 is 29.5 Å². The van der Waals surface area contributed by atoms with Crippen LogP contribution in [0.4, 0.5) is 28.9 Å². The number of hydrogen-bond acceptors (Lipinski definition) is 7. The van der Waals surface area contributed by atoms with Gasteiger partial charge in [0.15, 0.2) is 11.5 Å². The van der Waals surface area contributed by atoms with Crippen molar-refractivity contribution in [3.63, 3.8) is 0 Å². The van der Waals surface area contributed by atoms with Gasteiger partial charge in [0, 0.05) is 61.9 Å². The first-order valence-corrected chi connectivity index (χ1v) is 12.5. The maximum Gasteiger partial charge on any atom is 0.490 e. The van der Waals surface area contributed by atoms with Crippen LogP contribution in [0.25, 0.3) is 16.6 Å². The predicted molar refractivity (Wildman–Crippen MR) is 139 cm³/mol. The van der Waals surface area contributed by atoms with E-state index >= 15 is 0 Å². The number of amides is 1. The number of esters is 1. The van der Waals surface area contributed by atoms with Crippen molar-refractivity contribution < 1.29 is 31.9 Å². The van der Waals surface area contributed by atoms with Crippen LogP contribution < -0.4 is 15.5 Å². The average molecular weight is 562 g/mol. The molecule has 10 nitrogen and oxygen atoms in total. The van der Waals surface area contributed by atoms with Crippen LogP contribution in [0.5, 0.6) is 0 Å². The molecule has 0 unspecified atom stereocenters. The highest BCUT2D eigenvalue weighted by Gasteiger charge is 2.44. The maximum atomic E-state index is 14.6. The van der Waals surface area contributed by atoms with Gasteiger partial charge in [-0.25, -0.2) is 14.2 Å². The molecule has 40 heavy (non-hydrogen) atoms. The fraction of sp³-hybridized carbons (Fsp3) is 0.385. The molecule has 5 rings (SSSR count). The maximum absolute atomic E-state index is 14.6. The van der Waals surface area contributed by atoms with Crippen molar-refractivity contribution in [3.8, 4) is 0 Å². The van der Waals surface area contributed by atoms with Gasteiger partial charge in [-0.15, -0.1) is 0 Å². The molecule has 0 spiro atoms. The lowest BCUT2D eigenvalue weighted by atomic mass is 10.1. The number of piperazine rings is 1. The van der Waals surface area contributed by atoms with Crippen LogP contribution in [-0.4, -0.2) is 69.0 Å². The van der Waals surface area contributed by atoms with Gasteiger partial charge >= 0.3 is 12.1 Å². The van der Waals surface area contributed by atoms with E-state index in [1.807, 2.05) is 0 Å². The van der Waals surface area contributed by atoms with Gasteiger partial charge in [0.25, 0.3) is 5.91 Å². The summed E-state index contributed by atoms with van der Waals surface area (Å²) >= 11 is 0. The van der Waals surface area contributed by atoms with Crippen molar-refractivity contribution >= 4 is 39.8 Å². The van der Waals surface area contributed by atoms with Crippen LogP contribution >= 0.6 is 0 Å². The van der Waals surface area contributed by atoms with Gasteiger partial charge in [0.05, 0.1) is 23.5 Å². The van der Waals surface area contributed by atoms with Crippen molar-refractivity contribution in [2.24, 2.45) is 0 Å². The van der Waals surface area contributed by atoms with E-state index in [0.717, 1.165) is 18.8 Å². The Morgan fingerprint density at radius 1 is 1.12 bits per heavy atom. The third kappa shape index (κ3) is 5.57. The molecule has 0 atom stereocenters. The second-order valence-electron chi connectivity index (χ2n) is 10.2. The van der Waals surface area contributed by atoms with Gasteiger partial charge in [-0.3, -0.25) is 9.48 Å². The molecule has 0 saturated carbocycles. The van der Waals surface area contributed by atoms with E-state index in [9.17, 15) is 27.2 Å². The van der Waals surface area contributed by atoms with Crippen LogP contribution in [-0.2, 0) is 16.1 Å². The Bertz CT molecular complexity index is 1600. The third-order valence-electron chi connectivity index (χ3n) is 6.43. The minimum absolute atomic E-state index is 0.130. The topological polar surface area (TPSA) is 106 Å². The zero-order chi connectivity index (χ0) is 28.8. The number of ether oxygens (including phenoxy) is 1. The van der Waals surface area contributed by atoms with Crippen molar-refractivity contribution in [1.29, 1.82) is 0 Å². The molecule has 1 saturated heterocycles. The number of benzene rings is 1. The number of fused-ring (bicyclic) bond motifs is 2. The first-order chi connectivity index (χ1) is 18.8. The molecule has 4 heterocycles. The van der Waals surface area contributed by atoms with Gasteiger partial charge in [-0.05, 0) is 32.9 Å². The Labute approximate surface area is 225 Å². The number of hydrogen-bond donors (Lipinski definition) is 2. The first kappa shape index (κ1) is 27.4. The molecular formula is C26H27F4N7O3. The second-order valence-corrected chi connectivity index (χ2v) is 10.2. The number of nitrogens with one attached hydrogen (secondary N) is 2. The predicted octanol–water partition coefficient (Wildman–Crippen LogP) is 3.68. The van der Waals surface area contributed by atoms with E-state index in [2.05, 4.69) is 30.4 Å². The summed E-state index contributed by atoms with van der Waals surface area (Å²) in [5.74, 6) is -3.46. The Kier molecular flexibility index (Phi) is 6.90. The minimum atomic E-state index is -5.13. The normalized spacial score (nSPS) is 14.6. The largest absolute Gasteiger partial charge is 0.490 e. The minimum Gasteiger partial charge on any atom is -0.451 e. The highest BCUT2D eigenvalue weighted by Crippen LogP contribution is 2.31. The summed E-state index contributed by atoms with van der Waals surface area (Å²) in [5, 5.41) is 11.1. The van der Waals surface area contributed by atoms with Gasteiger partial charge in [0.2, 0.25) is 0 Å². The Morgan fingerprint density at radius 2 is 1.85 bits per heavy atom. The molecule has 3 aromatic heterocycles. The van der Waals surface area contributed by atoms with Gasteiger partial charge < -0.3 is 24.7 Å². The lowest BCUT2D eigenvalue weighted by molar-refractivity contribution is -0.212. The van der Waals surface area contributed by atoms with E-state index in [4.69, 9.17) is 0 Å². The third-order valence-corrected chi connectivity index (χ3v) is 6.43. The summed E-state index contributed by atoms with van der Waals surface area (Å²) in [7, 11) is 0. The fourth-order valence-electron chi connectivity index (χ4n) is 4.76. The average Bonchev–Trinajstić information content (AvgIpc) is 3.45. The zero-order valence-corrected chi connectivity index (χ0v) is 22.0. The number of aromatic nitrogens is 4. The molecule has 1 aliphatic rings. The summed E-state index contributed by atoms with van der Waals surface area (Å²) < 4.78 is 60.5. The van der Waals surface area contributed by atoms with E-state index in [1.165, 1.54) is 29.0 Å². The van der Waals surface area contributed by atoms with Crippen LogP contribution in [0.2, 0.25) is 0 Å². The van der Waals surface area contributed by atoms with Crippen molar-refractivity contribution in [2.45, 2.75) is 39.1 Å². The summed E-state index contributed by atoms with van der Waals surface area (Å²) in [6.45, 7) is 7.11. The Hall–Kier alpha value is -4.20. The quantitative estimate of drug-likeness (QED) is 0.273. The summed E-state index contributed by atoms with van der Waals surface area (Å²) in [6.07, 6.45) is -0.348.